The summed E-state index contributed by atoms with van der Waals surface area (Å²) in [5.41, 5.74) is 0.330. The van der Waals surface area contributed by atoms with Crippen molar-refractivity contribution in [3.05, 3.63) is 76.1 Å². The number of amides is 1. The molecular formula is C18H13ClFNO3. The number of ketones is 1. The average molecular weight is 346 g/mol. The highest BCUT2D eigenvalue weighted by Gasteiger charge is 2.45. The first-order valence-electron chi connectivity index (χ1n) is 7.16. The number of halogens is 2. The van der Waals surface area contributed by atoms with E-state index in [-0.39, 0.29) is 16.9 Å². The molecule has 1 N–H and O–H groups in total. The van der Waals surface area contributed by atoms with Crippen LogP contribution in [0.3, 0.4) is 0 Å². The maximum atomic E-state index is 14.2. The Bertz CT molecular complexity index is 861. The molecule has 0 aromatic heterocycles. The third-order valence-electron chi connectivity index (χ3n) is 3.99. The zero-order chi connectivity index (χ0) is 17.4. The summed E-state index contributed by atoms with van der Waals surface area (Å²) in [6.45, 7) is 0. The Kier molecular flexibility index (Phi) is 4.11. The minimum Gasteiger partial charge on any atom is -0.507 e. The molecular weight excluding hydrogens is 333 g/mol. The lowest BCUT2D eigenvalue weighted by Gasteiger charge is -2.21. The molecule has 1 aliphatic heterocycles. The van der Waals surface area contributed by atoms with Crippen LogP contribution in [0.2, 0.25) is 5.02 Å². The lowest BCUT2D eigenvalue weighted by Crippen LogP contribution is -2.25. The molecule has 1 atom stereocenters. The van der Waals surface area contributed by atoms with Crippen LogP contribution in [-0.4, -0.2) is 28.7 Å². The molecule has 0 saturated carbocycles. The number of benzene rings is 2. The first kappa shape index (κ1) is 16.2. The van der Waals surface area contributed by atoms with Crippen LogP contribution in [-0.2, 0) is 9.59 Å². The first-order valence-corrected chi connectivity index (χ1v) is 7.54. The van der Waals surface area contributed by atoms with Crippen molar-refractivity contribution >= 4 is 29.1 Å². The summed E-state index contributed by atoms with van der Waals surface area (Å²) in [5.74, 6) is -2.56. The van der Waals surface area contributed by atoms with Crippen molar-refractivity contribution in [2.24, 2.45) is 0 Å². The Morgan fingerprint density at radius 2 is 1.75 bits per heavy atom. The van der Waals surface area contributed by atoms with Crippen molar-refractivity contribution in [1.29, 1.82) is 0 Å². The van der Waals surface area contributed by atoms with E-state index >= 15 is 0 Å². The van der Waals surface area contributed by atoms with Crippen LogP contribution >= 0.6 is 11.6 Å². The molecule has 3 rings (SSSR count). The Balaban J connectivity index is 2.20. The Morgan fingerprint density at radius 3 is 2.38 bits per heavy atom. The lowest BCUT2D eigenvalue weighted by molar-refractivity contribution is -0.139. The molecule has 0 unspecified atom stereocenters. The number of rotatable bonds is 2. The largest absolute Gasteiger partial charge is 0.507 e. The first-order chi connectivity index (χ1) is 11.4. The quantitative estimate of drug-likeness (QED) is 0.514. The lowest BCUT2D eigenvalue weighted by atomic mass is 9.95. The topological polar surface area (TPSA) is 57.6 Å². The fourth-order valence-corrected chi connectivity index (χ4v) is 2.90. The van der Waals surface area contributed by atoms with Crippen LogP contribution in [0.1, 0.15) is 17.2 Å². The number of nitrogens with zero attached hydrogens (tertiary/aromatic N) is 1. The molecule has 0 aliphatic carbocycles. The third-order valence-corrected chi connectivity index (χ3v) is 4.24. The molecule has 1 fully saturated rings. The number of likely N-dealkylation sites (N-methyl/N-ethyl adjacent to an activating group) is 1. The van der Waals surface area contributed by atoms with E-state index in [1.54, 1.807) is 18.2 Å². The summed E-state index contributed by atoms with van der Waals surface area (Å²) in [6.07, 6.45) is 0. The molecule has 1 aliphatic rings. The molecule has 1 saturated heterocycles. The monoisotopic (exact) mass is 345 g/mol. The van der Waals surface area contributed by atoms with E-state index in [9.17, 15) is 19.1 Å². The molecule has 2 aromatic rings. The molecule has 1 heterocycles. The minimum absolute atomic E-state index is 0.144. The van der Waals surface area contributed by atoms with Gasteiger partial charge in [-0.25, -0.2) is 4.39 Å². The summed E-state index contributed by atoms with van der Waals surface area (Å²) in [6, 6.07) is 11.0. The van der Waals surface area contributed by atoms with Gasteiger partial charge in [0, 0.05) is 23.2 Å². The van der Waals surface area contributed by atoms with Crippen molar-refractivity contribution < 1.29 is 19.1 Å². The van der Waals surface area contributed by atoms with Gasteiger partial charge in [0.2, 0.25) is 0 Å². The van der Waals surface area contributed by atoms with Crippen LogP contribution in [0.25, 0.3) is 5.76 Å². The number of aliphatic hydroxyl groups is 1. The molecule has 0 spiro atoms. The van der Waals surface area contributed by atoms with E-state index in [2.05, 4.69) is 0 Å². The Morgan fingerprint density at radius 1 is 1.12 bits per heavy atom. The molecule has 2 aromatic carbocycles. The van der Waals surface area contributed by atoms with Crippen LogP contribution in [0.15, 0.2) is 54.1 Å². The second-order valence-electron chi connectivity index (χ2n) is 5.44. The summed E-state index contributed by atoms with van der Waals surface area (Å²) < 4.78 is 14.2. The van der Waals surface area contributed by atoms with Crippen molar-refractivity contribution in [2.45, 2.75) is 6.04 Å². The zero-order valence-corrected chi connectivity index (χ0v) is 13.4. The van der Waals surface area contributed by atoms with Crippen molar-refractivity contribution in [2.75, 3.05) is 7.05 Å². The third kappa shape index (κ3) is 2.57. The molecule has 0 bridgehead atoms. The van der Waals surface area contributed by atoms with Gasteiger partial charge in [0.25, 0.3) is 11.7 Å². The molecule has 24 heavy (non-hydrogen) atoms. The standard InChI is InChI=1S/C18H13ClFNO3/c1-21-15(12-4-2-3-5-13(12)20)14(17(23)18(21)24)16(22)10-6-8-11(19)9-7-10/h2-9,15,22H,1H3/b16-14+/t15-/m0/s1. The van der Waals surface area contributed by atoms with E-state index < -0.39 is 23.5 Å². The highest BCUT2D eigenvalue weighted by atomic mass is 35.5. The second kappa shape index (κ2) is 6.09. The van der Waals surface area contributed by atoms with Crippen molar-refractivity contribution in [3.8, 4) is 0 Å². The van der Waals surface area contributed by atoms with E-state index in [1.807, 2.05) is 0 Å². The van der Waals surface area contributed by atoms with E-state index in [0.29, 0.717) is 10.6 Å². The normalized spacial score (nSPS) is 19.8. The molecule has 0 radical (unpaired) electrons. The fourth-order valence-electron chi connectivity index (χ4n) is 2.77. The summed E-state index contributed by atoms with van der Waals surface area (Å²) >= 11 is 5.82. The van der Waals surface area contributed by atoms with E-state index in [4.69, 9.17) is 11.6 Å². The highest BCUT2D eigenvalue weighted by molar-refractivity contribution is 6.46. The van der Waals surface area contributed by atoms with E-state index in [0.717, 1.165) is 4.90 Å². The maximum Gasteiger partial charge on any atom is 0.295 e. The van der Waals surface area contributed by atoms with Crippen LogP contribution in [0.4, 0.5) is 4.39 Å². The summed E-state index contributed by atoms with van der Waals surface area (Å²) in [4.78, 5) is 25.6. The minimum atomic E-state index is -0.984. The van der Waals surface area contributed by atoms with Gasteiger partial charge in [-0.15, -0.1) is 0 Å². The van der Waals surface area contributed by atoms with Gasteiger partial charge in [-0.05, 0) is 30.3 Å². The Hall–Kier alpha value is -2.66. The predicted molar refractivity (Wildman–Crippen MR) is 87.9 cm³/mol. The zero-order valence-electron chi connectivity index (χ0n) is 12.7. The number of aliphatic hydroxyl groups excluding tert-OH is 1. The van der Waals surface area contributed by atoms with Crippen LogP contribution in [0, 0.1) is 5.82 Å². The number of likely N-dealkylation sites (tertiary alicyclic amines) is 1. The second-order valence-corrected chi connectivity index (χ2v) is 5.87. The van der Waals surface area contributed by atoms with Gasteiger partial charge >= 0.3 is 0 Å². The molecule has 1 amide bonds. The van der Waals surface area contributed by atoms with Gasteiger partial charge < -0.3 is 10.0 Å². The van der Waals surface area contributed by atoms with Gasteiger partial charge in [0.15, 0.2) is 0 Å². The number of hydrogen-bond acceptors (Lipinski definition) is 3. The maximum absolute atomic E-state index is 14.2. The number of hydrogen-bond donors (Lipinski definition) is 1. The molecule has 122 valence electrons. The van der Waals surface area contributed by atoms with Crippen LogP contribution < -0.4 is 0 Å². The van der Waals surface area contributed by atoms with Gasteiger partial charge in [-0.1, -0.05) is 29.8 Å². The average Bonchev–Trinajstić information content (AvgIpc) is 2.79. The number of carbonyl (C=O) groups is 2. The van der Waals surface area contributed by atoms with Gasteiger partial charge in [0.05, 0.1) is 11.6 Å². The summed E-state index contributed by atoms with van der Waals surface area (Å²) in [7, 11) is 1.40. The summed E-state index contributed by atoms with van der Waals surface area (Å²) in [5, 5.41) is 11.0. The number of carbonyl (C=O) groups excluding carboxylic acids is 2. The molecule has 4 nitrogen and oxygen atoms in total. The van der Waals surface area contributed by atoms with Gasteiger partial charge in [-0.3, -0.25) is 9.59 Å². The SMILES string of the molecule is CN1C(=O)C(=O)/C(=C(/O)c2ccc(Cl)cc2)[C@@H]1c1ccccc1F. The van der Waals surface area contributed by atoms with Crippen molar-refractivity contribution in [1.82, 2.24) is 4.90 Å². The van der Waals surface area contributed by atoms with Gasteiger partial charge in [-0.2, -0.15) is 0 Å². The smallest absolute Gasteiger partial charge is 0.295 e. The molecule has 6 heteroatoms. The van der Waals surface area contributed by atoms with Crippen molar-refractivity contribution in [3.63, 3.8) is 0 Å². The van der Waals surface area contributed by atoms with Gasteiger partial charge in [0.1, 0.15) is 11.6 Å². The number of Topliss-reactive ketones (excluding diaryl/α,β-unsaturated/α-hetero) is 1. The van der Waals surface area contributed by atoms with E-state index in [1.165, 1.54) is 37.4 Å². The van der Waals surface area contributed by atoms with Crippen LogP contribution in [0.5, 0.6) is 0 Å². The predicted octanol–water partition coefficient (Wildman–Crippen LogP) is 3.53. The highest BCUT2D eigenvalue weighted by Crippen LogP contribution is 2.39. The Labute approximate surface area is 142 Å². The fraction of sp³-hybridized carbons (Fsp3) is 0.111.